The van der Waals surface area contributed by atoms with Crippen LogP contribution in [0.2, 0.25) is 0 Å². The number of para-hydroxylation sites is 2. The van der Waals surface area contributed by atoms with E-state index in [4.69, 9.17) is 9.47 Å². The van der Waals surface area contributed by atoms with Crippen molar-refractivity contribution in [3.63, 3.8) is 0 Å². The topological polar surface area (TPSA) is 62.3 Å². The highest BCUT2D eigenvalue weighted by molar-refractivity contribution is 7.98. The predicted molar refractivity (Wildman–Crippen MR) is 124 cm³/mol. The smallest absolute Gasteiger partial charge is 0.267 e. The Labute approximate surface area is 193 Å². The van der Waals surface area contributed by atoms with Crippen LogP contribution in [0.3, 0.4) is 0 Å². The van der Waals surface area contributed by atoms with Crippen molar-refractivity contribution in [1.82, 2.24) is 14.7 Å². The summed E-state index contributed by atoms with van der Waals surface area (Å²) in [6.45, 7) is 3.36. The van der Waals surface area contributed by atoms with Crippen molar-refractivity contribution in [2.24, 2.45) is 0 Å². The average Bonchev–Trinajstić information content (AvgIpc) is 2.83. The molecule has 170 valence electrons. The number of hydrogen-bond donors (Lipinski definition) is 0. The Hall–Kier alpha value is -2.71. The second kappa shape index (κ2) is 10.3. The van der Waals surface area contributed by atoms with Gasteiger partial charge in [0.15, 0.2) is 11.5 Å². The van der Waals surface area contributed by atoms with Gasteiger partial charge in [0.05, 0.1) is 6.54 Å². The zero-order valence-corrected chi connectivity index (χ0v) is 19.3. The molecular formula is C24H29N3O4S. The molecule has 2 amide bonds. The second-order valence-corrected chi connectivity index (χ2v) is 8.97. The maximum absolute atomic E-state index is 12.9. The molecule has 1 saturated heterocycles. The minimum Gasteiger partial charge on any atom is -0.485 e. The lowest BCUT2D eigenvalue weighted by Gasteiger charge is -2.37. The summed E-state index contributed by atoms with van der Waals surface area (Å²) < 4.78 is 11.5. The van der Waals surface area contributed by atoms with Crippen molar-refractivity contribution in [3.05, 3.63) is 54.1 Å². The molecule has 8 heteroatoms. The lowest BCUT2D eigenvalue weighted by molar-refractivity contribution is -0.146. The van der Waals surface area contributed by atoms with Gasteiger partial charge in [-0.3, -0.25) is 14.5 Å². The van der Waals surface area contributed by atoms with Gasteiger partial charge in [0.1, 0.15) is 6.61 Å². The summed E-state index contributed by atoms with van der Waals surface area (Å²) in [5.74, 6) is 1.26. The number of fused-ring (bicyclic) bond motifs is 1. The van der Waals surface area contributed by atoms with E-state index < -0.39 is 6.10 Å². The minimum atomic E-state index is -0.643. The summed E-state index contributed by atoms with van der Waals surface area (Å²) in [4.78, 5) is 32.5. The van der Waals surface area contributed by atoms with E-state index in [-0.39, 0.29) is 18.4 Å². The summed E-state index contributed by atoms with van der Waals surface area (Å²) in [6.07, 6.45) is 1.41. The molecule has 0 unspecified atom stereocenters. The lowest BCUT2D eigenvalue weighted by Crippen LogP contribution is -2.56. The van der Waals surface area contributed by atoms with Crippen LogP contribution in [0.15, 0.2) is 53.4 Å². The van der Waals surface area contributed by atoms with Crippen LogP contribution in [0.1, 0.15) is 5.56 Å². The van der Waals surface area contributed by atoms with Gasteiger partial charge in [0, 0.05) is 37.6 Å². The molecule has 7 nitrogen and oxygen atoms in total. The number of rotatable bonds is 6. The van der Waals surface area contributed by atoms with Crippen molar-refractivity contribution < 1.29 is 19.1 Å². The minimum absolute atomic E-state index is 0.0857. The van der Waals surface area contributed by atoms with E-state index >= 15 is 0 Å². The van der Waals surface area contributed by atoms with Crippen molar-refractivity contribution in [1.29, 1.82) is 0 Å². The molecule has 0 aromatic heterocycles. The van der Waals surface area contributed by atoms with Gasteiger partial charge in [-0.15, -0.1) is 11.8 Å². The zero-order chi connectivity index (χ0) is 22.5. The van der Waals surface area contributed by atoms with Gasteiger partial charge in [-0.2, -0.15) is 0 Å². The summed E-state index contributed by atoms with van der Waals surface area (Å²) in [7, 11) is 1.96. The standard InChI is InChI=1S/C24H29N3O4S/c1-25(15-18-7-9-19(32-2)10-8-18)16-23(28)26-11-13-27(14-12-26)24(29)22-17-30-20-5-3-4-6-21(20)31-22/h3-10,22H,11-17H2,1-2H3/t22-/m0/s1. The Morgan fingerprint density at radius 3 is 2.34 bits per heavy atom. The number of thioether (sulfide) groups is 1. The van der Waals surface area contributed by atoms with Crippen molar-refractivity contribution in [2.45, 2.75) is 17.5 Å². The number of ether oxygens (including phenoxy) is 2. The Balaban J connectivity index is 1.23. The number of carbonyl (C=O) groups is 2. The van der Waals surface area contributed by atoms with Crippen molar-refractivity contribution >= 4 is 23.6 Å². The average molecular weight is 456 g/mol. The van der Waals surface area contributed by atoms with Crippen molar-refractivity contribution in [2.75, 3.05) is 52.6 Å². The van der Waals surface area contributed by atoms with Gasteiger partial charge in [-0.1, -0.05) is 24.3 Å². The summed E-state index contributed by atoms with van der Waals surface area (Å²) in [6, 6.07) is 15.8. The van der Waals surface area contributed by atoms with Crippen LogP contribution >= 0.6 is 11.8 Å². The normalized spacial score (nSPS) is 18.0. The van der Waals surface area contributed by atoms with Crippen LogP contribution in [0.25, 0.3) is 0 Å². The first kappa shape index (κ1) is 22.5. The highest BCUT2D eigenvalue weighted by atomic mass is 32.2. The Bertz CT molecular complexity index is 945. The van der Waals surface area contributed by atoms with Crippen LogP contribution in [-0.4, -0.2) is 85.3 Å². The third-order valence-electron chi connectivity index (χ3n) is 5.74. The molecule has 0 saturated carbocycles. The molecule has 2 aliphatic heterocycles. The van der Waals surface area contributed by atoms with E-state index in [1.165, 1.54) is 10.5 Å². The Kier molecular flexibility index (Phi) is 7.22. The van der Waals surface area contributed by atoms with Gasteiger partial charge in [0.25, 0.3) is 5.91 Å². The molecule has 0 bridgehead atoms. The lowest BCUT2D eigenvalue weighted by atomic mass is 10.2. The van der Waals surface area contributed by atoms with Gasteiger partial charge in [-0.05, 0) is 43.1 Å². The molecule has 2 aromatic rings. The maximum Gasteiger partial charge on any atom is 0.267 e. The highest BCUT2D eigenvalue weighted by Gasteiger charge is 2.33. The molecule has 2 aliphatic rings. The fourth-order valence-corrected chi connectivity index (χ4v) is 4.36. The number of nitrogens with zero attached hydrogens (tertiary/aromatic N) is 3. The zero-order valence-electron chi connectivity index (χ0n) is 18.5. The third kappa shape index (κ3) is 5.37. The number of likely N-dealkylation sites (N-methyl/N-ethyl adjacent to an activating group) is 1. The number of amides is 2. The monoisotopic (exact) mass is 455 g/mol. The number of benzene rings is 2. The molecule has 0 aliphatic carbocycles. The summed E-state index contributed by atoms with van der Waals surface area (Å²) >= 11 is 1.72. The molecule has 2 heterocycles. The number of hydrogen-bond acceptors (Lipinski definition) is 6. The predicted octanol–water partition coefficient (Wildman–Crippen LogP) is 2.35. The molecule has 0 spiro atoms. The molecule has 1 fully saturated rings. The molecule has 1 atom stereocenters. The van der Waals surface area contributed by atoms with Gasteiger partial charge >= 0.3 is 0 Å². The SMILES string of the molecule is CSc1ccc(CN(C)CC(=O)N2CCN(C(=O)[C@@H]3COc4ccccc4O3)CC2)cc1. The van der Waals surface area contributed by atoms with Crippen molar-refractivity contribution in [3.8, 4) is 11.5 Å². The van der Waals surface area contributed by atoms with Crippen LogP contribution in [0.4, 0.5) is 0 Å². The summed E-state index contributed by atoms with van der Waals surface area (Å²) in [5, 5.41) is 0. The molecular weight excluding hydrogens is 426 g/mol. The molecule has 2 aromatic carbocycles. The van der Waals surface area contributed by atoms with Crippen LogP contribution < -0.4 is 9.47 Å². The van der Waals surface area contributed by atoms with Gasteiger partial charge in [-0.25, -0.2) is 0 Å². The number of carbonyl (C=O) groups excluding carboxylic acids is 2. The van der Waals surface area contributed by atoms with E-state index in [0.29, 0.717) is 44.2 Å². The first-order valence-electron chi connectivity index (χ1n) is 10.8. The molecule has 4 rings (SSSR count). The Morgan fingerprint density at radius 2 is 1.66 bits per heavy atom. The molecule has 32 heavy (non-hydrogen) atoms. The third-order valence-corrected chi connectivity index (χ3v) is 6.49. The van der Waals surface area contributed by atoms with Gasteiger partial charge < -0.3 is 19.3 Å². The van der Waals surface area contributed by atoms with E-state index in [9.17, 15) is 9.59 Å². The largest absolute Gasteiger partial charge is 0.485 e. The van der Waals surface area contributed by atoms with E-state index in [0.717, 1.165) is 6.54 Å². The molecule has 0 N–H and O–H groups in total. The fourth-order valence-electron chi connectivity index (χ4n) is 3.95. The van der Waals surface area contributed by atoms with Crippen LogP contribution in [0.5, 0.6) is 11.5 Å². The Morgan fingerprint density at radius 1 is 1.00 bits per heavy atom. The van der Waals surface area contributed by atoms with E-state index in [1.54, 1.807) is 22.7 Å². The van der Waals surface area contributed by atoms with Crippen LogP contribution in [-0.2, 0) is 16.1 Å². The van der Waals surface area contributed by atoms with E-state index in [2.05, 4.69) is 30.5 Å². The highest BCUT2D eigenvalue weighted by Crippen LogP contribution is 2.31. The molecule has 0 radical (unpaired) electrons. The fraction of sp³-hybridized carbons (Fsp3) is 0.417. The van der Waals surface area contributed by atoms with E-state index in [1.807, 2.05) is 35.0 Å². The maximum atomic E-state index is 12.9. The summed E-state index contributed by atoms with van der Waals surface area (Å²) in [5.41, 5.74) is 1.18. The second-order valence-electron chi connectivity index (χ2n) is 8.09. The first-order chi connectivity index (χ1) is 15.5. The first-order valence-corrected chi connectivity index (χ1v) is 12.0. The van der Waals surface area contributed by atoms with Gasteiger partial charge in [0.2, 0.25) is 12.0 Å². The number of piperazine rings is 1. The quantitative estimate of drug-likeness (QED) is 0.624. The van der Waals surface area contributed by atoms with Crippen LogP contribution in [0, 0.1) is 0 Å².